The molecule has 2 fully saturated rings. The lowest BCUT2D eigenvalue weighted by Gasteiger charge is -2.35. The van der Waals surface area contributed by atoms with Gasteiger partial charge in [0.15, 0.2) is 0 Å². The Kier molecular flexibility index (Phi) is 3.50. The lowest BCUT2D eigenvalue weighted by Crippen LogP contribution is -2.31. The van der Waals surface area contributed by atoms with E-state index in [-0.39, 0.29) is 11.0 Å². The van der Waals surface area contributed by atoms with E-state index in [0.717, 1.165) is 38.0 Å². The van der Waals surface area contributed by atoms with Crippen LogP contribution in [-0.4, -0.2) is 11.7 Å². The van der Waals surface area contributed by atoms with E-state index in [1.165, 1.54) is 12.8 Å². The molecule has 1 saturated carbocycles. The number of nitrogens with zero attached hydrogens (tertiary/aromatic N) is 1. The maximum Gasteiger partial charge on any atom is 0.0690 e. The molecule has 0 amide bonds. The Morgan fingerprint density at radius 2 is 1.82 bits per heavy atom. The lowest BCUT2D eigenvalue weighted by atomic mass is 9.69. The van der Waals surface area contributed by atoms with Crippen LogP contribution in [0.5, 0.6) is 0 Å². The molecule has 1 atom stereocenters. The van der Waals surface area contributed by atoms with E-state index in [4.69, 9.17) is 4.74 Å². The van der Waals surface area contributed by atoms with Crippen LogP contribution in [0.3, 0.4) is 0 Å². The van der Waals surface area contributed by atoms with Gasteiger partial charge in [0.05, 0.1) is 23.2 Å². The van der Waals surface area contributed by atoms with Crippen LogP contribution in [0.2, 0.25) is 0 Å². The van der Waals surface area contributed by atoms with Gasteiger partial charge >= 0.3 is 0 Å². The van der Waals surface area contributed by atoms with Gasteiger partial charge in [-0.3, -0.25) is 0 Å². The first-order valence-corrected chi connectivity index (χ1v) is 7.04. The monoisotopic (exact) mass is 235 g/mol. The molecule has 2 aliphatic rings. The van der Waals surface area contributed by atoms with Crippen molar-refractivity contribution in [2.75, 3.05) is 0 Å². The molecule has 1 aliphatic heterocycles. The minimum Gasteiger partial charge on any atom is -0.372 e. The third-order valence-corrected chi connectivity index (χ3v) is 4.64. The first-order chi connectivity index (χ1) is 7.95. The second-order valence-corrected chi connectivity index (χ2v) is 6.82. The van der Waals surface area contributed by atoms with E-state index < -0.39 is 0 Å². The normalized spacial score (nSPS) is 41.1. The highest BCUT2D eigenvalue weighted by molar-refractivity contribution is 5.03. The van der Waals surface area contributed by atoms with Gasteiger partial charge in [0.25, 0.3) is 0 Å². The Morgan fingerprint density at radius 3 is 2.29 bits per heavy atom. The van der Waals surface area contributed by atoms with Crippen LogP contribution in [0, 0.1) is 22.7 Å². The number of rotatable bonds is 2. The molecular formula is C15H25NO. The predicted octanol–water partition coefficient (Wildman–Crippen LogP) is 4.05. The Balaban J connectivity index is 1.95. The molecule has 0 aromatic rings. The fraction of sp³-hybridized carbons (Fsp3) is 0.933. The van der Waals surface area contributed by atoms with Crippen molar-refractivity contribution in [3.63, 3.8) is 0 Å². The summed E-state index contributed by atoms with van der Waals surface area (Å²) in [6.07, 6.45) is 8.11. The number of hydrogen-bond acceptors (Lipinski definition) is 2. The minimum atomic E-state index is -0.0857. The van der Waals surface area contributed by atoms with Crippen molar-refractivity contribution in [2.24, 2.45) is 11.3 Å². The van der Waals surface area contributed by atoms with Gasteiger partial charge in [-0.1, -0.05) is 6.92 Å². The molecule has 2 nitrogen and oxygen atoms in total. The lowest BCUT2D eigenvalue weighted by molar-refractivity contribution is -0.0344. The van der Waals surface area contributed by atoms with Crippen molar-refractivity contribution < 1.29 is 4.74 Å². The molecule has 0 bridgehead atoms. The first kappa shape index (κ1) is 12.9. The summed E-state index contributed by atoms with van der Waals surface area (Å²) in [6, 6.07) is 2.61. The highest BCUT2D eigenvalue weighted by Gasteiger charge is 2.40. The Hall–Kier alpha value is -0.550. The number of ether oxygens (including phenoxy) is 1. The fourth-order valence-electron chi connectivity index (χ4n) is 3.33. The van der Waals surface area contributed by atoms with Crippen molar-refractivity contribution in [1.29, 1.82) is 5.26 Å². The SMILES string of the molecule is CC1CCC(C#N)(CC2CCC(C)(C)O2)CC1. The zero-order chi connectivity index (χ0) is 12.5. The highest BCUT2D eigenvalue weighted by atomic mass is 16.5. The molecule has 0 aromatic heterocycles. The van der Waals surface area contributed by atoms with Crippen LogP contribution in [-0.2, 0) is 4.74 Å². The minimum absolute atomic E-state index is 0.0310. The third kappa shape index (κ3) is 3.01. The Morgan fingerprint density at radius 1 is 1.18 bits per heavy atom. The van der Waals surface area contributed by atoms with Crippen LogP contribution in [0.1, 0.15) is 65.7 Å². The van der Waals surface area contributed by atoms with Gasteiger partial charge < -0.3 is 4.74 Å². The van der Waals surface area contributed by atoms with E-state index in [2.05, 4.69) is 26.8 Å². The summed E-state index contributed by atoms with van der Waals surface area (Å²) >= 11 is 0. The molecule has 0 radical (unpaired) electrons. The second-order valence-electron chi connectivity index (χ2n) is 6.82. The van der Waals surface area contributed by atoms with Crippen molar-refractivity contribution >= 4 is 0 Å². The van der Waals surface area contributed by atoms with Gasteiger partial charge in [0, 0.05) is 0 Å². The number of nitriles is 1. The third-order valence-electron chi connectivity index (χ3n) is 4.64. The maximum absolute atomic E-state index is 9.51. The molecule has 96 valence electrons. The quantitative estimate of drug-likeness (QED) is 0.723. The van der Waals surface area contributed by atoms with Crippen LogP contribution in [0.25, 0.3) is 0 Å². The Bertz CT molecular complexity index is 307. The van der Waals surface area contributed by atoms with Crippen LogP contribution < -0.4 is 0 Å². The summed E-state index contributed by atoms with van der Waals surface area (Å²) in [5.74, 6) is 0.803. The molecular weight excluding hydrogens is 210 g/mol. The molecule has 1 saturated heterocycles. The van der Waals surface area contributed by atoms with Gasteiger partial charge in [0.2, 0.25) is 0 Å². The van der Waals surface area contributed by atoms with Crippen molar-refractivity contribution in [3.8, 4) is 6.07 Å². The fourth-order valence-corrected chi connectivity index (χ4v) is 3.33. The summed E-state index contributed by atoms with van der Waals surface area (Å²) in [6.45, 7) is 6.63. The molecule has 1 aliphatic carbocycles. The molecule has 1 unspecified atom stereocenters. The maximum atomic E-state index is 9.51. The van der Waals surface area contributed by atoms with Crippen LogP contribution in [0.15, 0.2) is 0 Å². The highest BCUT2D eigenvalue weighted by Crippen LogP contribution is 2.45. The summed E-state index contributed by atoms with van der Waals surface area (Å²) in [5, 5.41) is 9.51. The smallest absolute Gasteiger partial charge is 0.0690 e. The van der Waals surface area contributed by atoms with Crippen molar-refractivity contribution in [3.05, 3.63) is 0 Å². The first-order valence-electron chi connectivity index (χ1n) is 7.04. The van der Waals surface area contributed by atoms with E-state index in [0.29, 0.717) is 6.10 Å². The van der Waals surface area contributed by atoms with E-state index in [1.807, 2.05) is 0 Å². The average molecular weight is 235 g/mol. The summed E-state index contributed by atoms with van der Waals surface area (Å²) in [5.41, 5.74) is -0.0547. The van der Waals surface area contributed by atoms with E-state index in [1.54, 1.807) is 0 Å². The van der Waals surface area contributed by atoms with Gasteiger partial charge in [-0.05, 0) is 64.7 Å². The van der Waals surface area contributed by atoms with Gasteiger partial charge in [-0.2, -0.15) is 5.26 Å². The van der Waals surface area contributed by atoms with E-state index in [9.17, 15) is 5.26 Å². The summed E-state index contributed by atoms with van der Waals surface area (Å²) in [7, 11) is 0. The van der Waals surface area contributed by atoms with Crippen LogP contribution in [0.4, 0.5) is 0 Å². The molecule has 0 aromatic carbocycles. The average Bonchev–Trinajstić information content (AvgIpc) is 2.62. The molecule has 2 rings (SSSR count). The van der Waals surface area contributed by atoms with Crippen LogP contribution >= 0.6 is 0 Å². The second kappa shape index (κ2) is 4.61. The number of hydrogen-bond donors (Lipinski definition) is 0. The predicted molar refractivity (Wildman–Crippen MR) is 68.5 cm³/mol. The van der Waals surface area contributed by atoms with Crippen molar-refractivity contribution in [2.45, 2.75) is 77.4 Å². The zero-order valence-electron chi connectivity index (χ0n) is 11.5. The molecule has 0 spiro atoms. The van der Waals surface area contributed by atoms with Gasteiger partial charge in [-0.25, -0.2) is 0 Å². The van der Waals surface area contributed by atoms with Gasteiger partial charge in [-0.15, -0.1) is 0 Å². The van der Waals surface area contributed by atoms with E-state index >= 15 is 0 Å². The molecule has 2 heteroatoms. The molecule has 0 N–H and O–H groups in total. The summed E-state index contributed by atoms with van der Waals surface area (Å²) in [4.78, 5) is 0. The summed E-state index contributed by atoms with van der Waals surface area (Å²) < 4.78 is 6.05. The van der Waals surface area contributed by atoms with Gasteiger partial charge in [0.1, 0.15) is 0 Å². The van der Waals surface area contributed by atoms with Crippen molar-refractivity contribution in [1.82, 2.24) is 0 Å². The topological polar surface area (TPSA) is 33.0 Å². The zero-order valence-corrected chi connectivity index (χ0v) is 11.5. The Labute approximate surface area is 105 Å². The molecule has 1 heterocycles. The standard InChI is InChI=1S/C15H25NO/c1-12-4-8-15(11-16,9-5-12)10-13-6-7-14(2,3)17-13/h12-13H,4-10H2,1-3H3. The molecule has 17 heavy (non-hydrogen) atoms. The largest absolute Gasteiger partial charge is 0.372 e.